The van der Waals surface area contributed by atoms with Crippen molar-refractivity contribution in [3.8, 4) is 0 Å². The number of allylic oxidation sites excluding steroid dienone is 1. The topological polar surface area (TPSA) is 107 Å². The van der Waals surface area contributed by atoms with Gasteiger partial charge < -0.3 is 9.64 Å². The maximum Gasteiger partial charge on any atom is 0.319 e. The van der Waals surface area contributed by atoms with Crippen LogP contribution in [0.2, 0.25) is 0 Å². The van der Waals surface area contributed by atoms with Crippen molar-refractivity contribution in [1.82, 2.24) is 4.90 Å². The second-order valence-electron chi connectivity index (χ2n) is 7.19. The molecule has 32 heavy (non-hydrogen) atoms. The average Bonchev–Trinajstić information content (AvgIpc) is 2.78. The lowest BCUT2D eigenvalue weighted by Crippen LogP contribution is -2.45. The number of primary sulfonamides is 1. The molecule has 0 saturated heterocycles. The van der Waals surface area contributed by atoms with Crippen molar-refractivity contribution in [2.45, 2.75) is 10.8 Å². The highest BCUT2D eigenvalue weighted by molar-refractivity contribution is 7.89. The molecule has 1 aliphatic rings. The Bertz CT molecular complexity index is 1150. The van der Waals surface area contributed by atoms with E-state index in [-0.39, 0.29) is 18.0 Å². The molecule has 2 aromatic carbocycles. The van der Waals surface area contributed by atoms with Gasteiger partial charge in [-0.25, -0.2) is 13.6 Å². The predicted molar refractivity (Wildman–Crippen MR) is 122 cm³/mol. The highest BCUT2D eigenvalue weighted by Crippen LogP contribution is 2.39. The molecule has 7 nitrogen and oxygen atoms in total. The number of sulfonamides is 1. The first-order valence-corrected chi connectivity index (χ1v) is 11.4. The zero-order valence-corrected chi connectivity index (χ0v) is 18.2. The van der Waals surface area contributed by atoms with E-state index in [2.05, 4.69) is 13.2 Å². The Hall–Kier alpha value is -3.49. The second-order valence-corrected chi connectivity index (χ2v) is 8.75. The van der Waals surface area contributed by atoms with Gasteiger partial charge in [0, 0.05) is 18.2 Å². The normalized spacial score (nSPS) is 18.6. The molecule has 2 aromatic rings. The fraction of sp³-hybridized carbons (Fsp3) is 0.167. The molecular formula is C24H24N2O5S. The van der Waals surface area contributed by atoms with E-state index in [1.807, 2.05) is 36.4 Å². The van der Waals surface area contributed by atoms with Gasteiger partial charge in [0.2, 0.25) is 15.9 Å². The van der Waals surface area contributed by atoms with Crippen molar-refractivity contribution in [2.24, 2.45) is 11.1 Å². The Kier molecular flexibility index (Phi) is 7.07. The van der Waals surface area contributed by atoms with Crippen molar-refractivity contribution in [1.29, 1.82) is 0 Å². The lowest BCUT2D eigenvalue weighted by molar-refractivity contribution is -0.154. The van der Waals surface area contributed by atoms with Gasteiger partial charge in [-0.15, -0.1) is 6.58 Å². The van der Waals surface area contributed by atoms with E-state index in [1.54, 1.807) is 18.2 Å². The predicted octanol–water partition coefficient (Wildman–Crippen LogP) is 2.83. The van der Waals surface area contributed by atoms with Crippen molar-refractivity contribution < 1.29 is 22.7 Å². The summed E-state index contributed by atoms with van der Waals surface area (Å²) in [6.07, 6.45) is 4.82. The number of carbonyl (C=O) groups is 2. The monoisotopic (exact) mass is 452 g/mol. The highest BCUT2D eigenvalue weighted by atomic mass is 32.2. The lowest BCUT2D eigenvalue weighted by atomic mass is 9.80. The van der Waals surface area contributed by atoms with Crippen LogP contribution in [0.5, 0.6) is 0 Å². The first kappa shape index (κ1) is 23.2. The van der Waals surface area contributed by atoms with Crippen molar-refractivity contribution in [2.75, 3.05) is 13.2 Å². The third-order valence-corrected chi connectivity index (χ3v) is 6.02. The van der Waals surface area contributed by atoms with Crippen molar-refractivity contribution in [3.05, 3.63) is 97.1 Å². The Morgan fingerprint density at radius 2 is 1.72 bits per heavy atom. The number of amides is 1. The molecule has 8 heteroatoms. The molecule has 0 radical (unpaired) electrons. The van der Waals surface area contributed by atoms with E-state index in [0.717, 1.165) is 5.56 Å². The third-order valence-electron chi connectivity index (χ3n) is 5.09. The van der Waals surface area contributed by atoms with Gasteiger partial charge in [-0.2, -0.15) is 0 Å². The van der Waals surface area contributed by atoms with Crippen LogP contribution in [0.3, 0.4) is 0 Å². The summed E-state index contributed by atoms with van der Waals surface area (Å²) in [5, 5.41) is 5.19. The summed E-state index contributed by atoms with van der Waals surface area (Å²) in [4.78, 5) is 27.8. The van der Waals surface area contributed by atoms with Gasteiger partial charge in [-0.3, -0.25) is 9.59 Å². The van der Waals surface area contributed by atoms with Crippen molar-refractivity contribution in [3.63, 3.8) is 0 Å². The fourth-order valence-electron chi connectivity index (χ4n) is 3.62. The number of nitrogens with zero attached hydrogens (tertiary/aromatic N) is 1. The second kappa shape index (κ2) is 9.76. The molecule has 1 heterocycles. The van der Waals surface area contributed by atoms with Crippen LogP contribution in [0.15, 0.2) is 90.9 Å². The Morgan fingerprint density at radius 1 is 1.06 bits per heavy atom. The van der Waals surface area contributed by atoms with Crippen LogP contribution in [-0.4, -0.2) is 38.3 Å². The number of carbonyl (C=O) groups excluding carboxylic acids is 2. The van der Waals surface area contributed by atoms with Crippen LogP contribution in [0, 0.1) is 5.92 Å². The van der Waals surface area contributed by atoms with Gasteiger partial charge in [0.05, 0.1) is 4.90 Å². The average molecular weight is 453 g/mol. The Balaban J connectivity index is 2.14. The van der Waals surface area contributed by atoms with Crippen LogP contribution in [0.1, 0.15) is 17.0 Å². The van der Waals surface area contributed by atoms with Gasteiger partial charge in [-0.1, -0.05) is 67.3 Å². The van der Waals surface area contributed by atoms with Gasteiger partial charge in [-0.05, 0) is 23.3 Å². The number of ether oxygens (including phenoxy) is 1. The molecule has 0 fully saturated rings. The zero-order valence-electron chi connectivity index (χ0n) is 17.4. The molecule has 0 bridgehead atoms. The van der Waals surface area contributed by atoms with Crippen LogP contribution >= 0.6 is 0 Å². The van der Waals surface area contributed by atoms with Crippen molar-refractivity contribution >= 4 is 27.6 Å². The van der Waals surface area contributed by atoms with E-state index < -0.39 is 33.7 Å². The van der Waals surface area contributed by atoms with Crippen LogP contribution in [-0.2, 0) is 24.3 Å². The summed E-state index contributed by atoms with van der Waals surface area (Å²) in [5.41, 5.74) is 1.92. The van der Waals surface area contributed by atoms with Gasteiger partial charge in [0.15, 0.2) is 0 Å². The molecule has 3 rings (SSSR count). The molecule has 2 N–H and O–H groups in total. The third kappa shape index (κ3) is 4.87. The Morgan fingerprint density at radius 3 is 2.28 bits per heavy atom. The number of benzene rings is 2. The number of rotatable bonds is 8. The fourth-order valence-corrected chi connectivity index (χ4v) is 4.14. The van der Waals surface area contributed by atoms with Crippen LogP contribution in [0.25, 0.3) is 5.70 Å². The number of esters is 1. The summed E-state index contributed by atoms with van der Waals surface area (Å²) < 4.78 is 28.4. The summed E-state index contributed by atoms with van der Waals surface area (Å²) in [6, 6.07) is 15.1. The molecule has 2 unspecified atom stereocenters. The van der Waals surface area contributed by atoms with E-state index in [4.69, 9.17) is 9.88 Å². The molecular weight excluding hydrogens is 428 g/mol. The minimum Gasteiger partial charge on any atom is -0.461 e. The smallest absolute Gasteiger partial charge is 0.319 e. The van der Waals surface area contributed by atoms with E-state index in [9.17, 15) is 18.0 Å². The van der Waals surface area contributed by atoms with E-state index in [0.29, 0.717) is 11.3 Å². The highest BCUT2D eigenvalue weighted by Gasteiger charge is 2.43. The van der Waals surface area contributed by atoms with Gasteiger partial charge in [0.1, 0.15) is 12.5 Å². The molecule has 0 aliphatic carbocycles. The molecule has 1 aliphatic heterocycles. The van der Waals surface area contributed by atoms with E-state index >= 15 is 0 Å². The summed E-state index contributed by atoms with van der Waals surface area (Å²) in [6.45, 7) is 7.42. The Labute approximate surface area is 187 Å². The standard InChI is InChI=1S/C24H24N2O5S/c1-3-14-26-21(18-10-12-19(13-11-18)32(25,29)30)16-20(17-8-6-5-7-9-17)22(23(26)27)24(28)31-15-4-2/h3-13,16,20,22H,1-2,14-15H2,(H2,25,29,30). The maximum atomic E-state index is 13.5. The number of hydrogen-bond donors (Lipinski definition) is 1. The lowest BCUT2D eigenvalue weighted by Gasteiger charge is -2.36. The summed E-state index contributed by atoms with van der Waals surface area (Å²) in [5.74, 6) is -2.72. The van der Waals surface area contributed by atoms with Gasteiger partial charge >= 0.3 is 5.97 Å². The molecule has 1 amide bonds. The molecule has 0 saturated carbocycles. The summed E-state index contributed by atoms with van der Waals surface area (Å²) in [7, 11) is -3.85. The number of nitrogens with two attached hydrogens (primary N) is 1. The largest absolute Gasteiger partial charge is 0.461 e. The van der Waals surface area contributed by atoms with Crippen LogP contribution < -0.4 is 5.14 Å². The SMILES string of the molecule is C=CCOC(=O)C1C(=O)N(CC=C)C(c2ccc(S(N)(=O)=O)cc2)=CC1c1ccccc1. The zero-order chi connectivity index (χ0) is 23.3. The van der Waals surface area contributed by atoms with Gasteiger partial charge in [0.25, 0.3) is 0 Å². The minimum absolute atomic E-state index is 0.00280. The summed E-state index contributed by atoms with van der Waals surface area (Å²) >= 11 is 0. The first-order valence-electron chi connectivity index (χ1n) is 9.87. The molecule has 0 spiro atoms. The quantitative estimate of drug-likeness (QED) is 0.377. The minimum atomic E-state index is -3.85. The molecule has 2 atom stereocenters. The van der Waals surface area contributed by atoms with Crippen LogP contribution in [0.4, 0.5) is 0 Å². The molecule has 166 valence electrons. The van der Waals surface area contributed by atoms with E-state index in [1.165, 1.54) is 23.1 Å². The molecule has 0 aromatic heterocycles. The maximum absolute atomic E-state index is 13.5. The number of hydrogen-bond acceptors (Lipinski definition) is 5. The first-order chi connectivity index (χ1) is 15.3.